The molecular weight excluding hydrogens is 416 g/mol. The van der Waals surface area contributed by atoms with E-state index in [0.717, 1.165) is 12.0 Å². The zero-order valence-electron chi connectivity index (χ0n) is 18.4. The topological polar surface area (TPSA) is 75.7 Å². The first-order chi connectivity index (χ1) is 16.1. The van der Waals surface area contributed by atoms with Crippen molar-refractivity contribution in [2.24, 2.45) is 35.5 Å². The Morgan fingerprint density at radius 3 is 2.30 bits per heavy atom. The van der Waals surface area contributed by atoms with E-state index in [2.05, 4.69) is 17.5 Å². The maximum Gasteiger partial charge on any atom is 0.248 e. The molecular formula is C27H26N2O4. The summed E-state index contributed by atoms with van der Waals surface area (Å²) in [5.74, 6) is 0.556. The molecule has 0 radical (unpaired) electrons. The van der Waals surface area contributed by atoms with E-state index in [9.17, 15) is 14.4 Å². The van der Waals surface area contributed by atoms with E-state index in [-0.39, 0.29) is 47.8 Å². The second-order valence-electron chi connectivity index (χ2n) is 9.63. The first kappa shape index (κ1) is 20.2. The van der Waals surface area contributed by atoms with Crippen LogP contribution in [0.25, 0.3) is 0 Å². The molecule has 6 nitrogen and oxygen atoms in total. The molecule has 3 fully saturated rings. The van der Waals surface area contributed by atoms with Crippen LogP contribution in [0.15, 0.2) is 66.7 Å². The van der Waals surface area contributed by atoms with Gasteiger partial charge in [0.1, 0.15) is 11.8 Å². The molecule has 2 saturated carbocycles. The molecule has 7 rings (SSSR count). The number of carbonyl (C=O) groups is 3. The summed E-state index contributed by atoms with van der Waals surface area (Å²) in [4.78, 5) is 42.2. The minimum Gasteiger partial charge on any atom is -0.497 e. The predicted octanol–water partition coefficient (Wildman–Crippen LogP) is 3.30. The first-order valence-electron chi connectivity index (χ1n) is 11.6. The monoisotopic (exact) mass is 442 g/mol. The van der Waals surface area contributed by atoms with E-state index in [1.54, 1.807) is 31.4 Å². The number of hydrogen-bond acceptors (Lipinski definition) is 4. The van der Waals surface area contributed by atoms with Gasteiger partial charge in [0.05, 0.1) is 18.9 Å². The number of rotatable bonds is 6. The van der Waals surface area contributed by atoms with Crippen molar-refractivity contribution in [3.05, 3.63) is 72.3 Å². The van der Waals surface area contributed by atoms with Crippen molar-refractivity contribution >= 4 is 23.4 Å². The summed E-state index contributed by atoms with van der Waals surface area (Å²) in [6.45, 7) is 0. The fraction of sp³-hybridized carbons (Fsp3) is 0.370. The average molecular weight is 443 g/mol. The van der Waals surface area contributed by atoms with Crippen molar-refractivity contribution in [3.8, 4) is 5.75 Å². The number of ether oxygens (including phenoxy) is 1. The Bertz CT molecular complexity index is 1120. The highest BCUT2D eigenvalue weighted by Gasteiger charge is 2.67. The summed E-state index contributed by atoms with van der Waals surface area (Å²) >= 11 is 0. The molecule has 2 aromatic rings. The smallest absolute Gasteiger partial charge is 0.248 e. The summed E-state index contributed by atoms with van der Waals surface area (Å²) in [6.07, 6.45) is 5.69. The number of likely N-dealkylation sites (tertiary alicyclic amines) is 1. The molecule has 0 aromatic heterocycles. The number of methoxy groups -OCH3 is 1. The lowest BCUT2D eigenvalue weighted by Crippen LogP contribution is -2.49. The minimum atomic E-state index is -0.903. The minimum absolute atomic E-state index is 0.130. The van der Waals surface area contributed by atoms with Gasteiger partial charge in [-0.15, -0.1) is 0 Å². The third kappa shape index (κ3) is 3.19. The number of anilines is 1. The average Bonchev–Trinajstić information content (AvgIpc) is 3.62. The summed E-state index contributed by atoms with van der Waals surface area (Å²) in [5.41, 5.74) is 1.47. The Hall–Kier alpha value is -3.41. The van der Waals surface area contributed by atoms with Gasteiger partial charge in [-0.2, -0.15) is 0 Å². The van der Waals surface area contributed by atoms with Crippen molar-refractivity contribution < 1.29 is 19.1 Å². The van der Waals surface area contributed by atoms with E-state index in [1.165, 1.54) is 4.90 Å². The molecule has 33 heavy (non-hydrogen) atoms. The van der Waals surface area contributed by atoms with E-state index in [0.29, 0.717) is 23.3 Å². The van der Waals surface area contributed by atoms with Crippen LogP contribution in [0.4, 0.5) is 5.69 Å². The van der Waals surface area contributed by atoms with Crippen LogP contribution in [0, 0.1) is 35.5 Å². The fourth-order valence-corrected chi connectivity index (χ4v) is 6.35. The molecule has 1 aliphatic heterocycles. The molecule has 0 spiro atoms. The second kappa shape index (κ2) is 7.58. The highest BCUT2D eigenvalue weighted by Crippen LogP contribution is 2.65. The summed E-state index contributed by atoms with van der Waals surface area (Å²) in [6, 6.07) is 15.7. The number of nitrogens with one attached hydrogen (secondary N) is 1. The van der Waals surface area contributed by atoms with Crippen molar-refractivity contribution in [1.82, 2.24) is 4.90 Å². The molecule has 1 N–H and O–H groups in total. The predicted molar refractivity (Wildman–Crippen MR) is 122 cm³/mol. The van der Waals surface area contributed by atoms with Gasteiger partial charge in [-0.3, -0.25) is 19.3 Å². The molecule has 5 aliphatic rings. The van der Waals surface area contributed by atoms with Gasteiger partial charge in [-0.25, -0.2) is 0 Å². The number of imide groups is 1. The van der Waals surface area contributed by atoms with E-state index < -0.39 is 6.04 Å². The number of carbonyl (C=O) groups excluding carboxylic acids is 3. The lowest BCUT2D eigenvalue weighted by Gasteiger charge is -2.37. The molecule has 2 bridgehead atoms. The van der Waals surface area contributed by atoms with E-state index in [1.807, 2.05) is 30.3 Å². The van der Waals surface area contributed by atoms with Gasteiger partial charge >= 0.3 is 0 Å². The Balaban J connectivity index is 1.32. The van der Waals surface area contributed by atoms with Crippen LogP contribution in [0.5, 0.6) is 5.75 Å². The molecule has 168 valence electrons. The van der Waals surface area contributed by atoms with Crippen molar-refractivity contribution in [3.63, 3.8) is 0 Å². The molecule has 3 amide bonds. The summed E-state index contributed by atoms with van der Waals surface area (Å²) < 4.78 is 5.26. The number of allylic oxidation sites excluding steroid dienone is 2. The maximum atomic E-state index is 13.7. The second-order valence-corrected chi connectivity index (χ2v) is 9.63. The van der Waals surface area contributed by atoms with Gasteiger partial charge in [-0.05, 0) is 47.8 Å². The third-order valence-electron chi connectivity index (χ3n) is 7.92. The van der Waals surface area contributed by atoms with Crippen LogP contribution in [0.3, 0.4) is 0 Å². The molecule has 1 heterocycles. The van der Waals surface area contributed by atoms with Gasteiger partial charge in [0, 0.05) is 18.2 Å². The Morgan fingerprint density at radius 1 is 1.00 bits per heavy atom. The van der Waals surface area contributed by atoms with Crippen LogP contribution in [-0.4, -0.2) is 35.8 Å². The third-order valence-corrected chi connectivity index (χ3v) is 7.92. The number of benzene rings is 2. The lowest BCUT2D eigenvalue weighted by molar-refractivity contribution is -0.146. The molecule has 4 aliphatic carbocycles. The molecule has 6 heteroatoms. The van der Waals surface area contributed by atoms with Gasteiger partial charge in [0.25, 0.3) is 0 Å². The van der Waals surface area contributed by atoms with Crippen LogP contribution in [0.1, 0.15) is 12.0 Å². The maximum absolute atomic E-state index is 13.7. The zero-order chi connectivity index (χ0) is 22.7. The summed E-state index contributed by atoms with van der Waals surface area (Å²) in [5, 5.41) is 2.91. The van der Waals surface area contributed by atoms with Gasteiger partial charge in [-0.1, -0.05) is 48.6 Å². The van der Waals surface area contributed by atoms with Gasteiger partial charge < -0.3 is 10.1 Å². The highest BCUT2D eigenvalue weighted by molar-refractivity contribution is 6.10. The number of amides is 3. The summed E-state index contributed by atoms with van der Waals surface area (Å²) in [7, 11) is 1.56. The molecule has 2 aromatic carbocycles. The van der Waals surface area contributed by atoms with Crippen LogP contribution < -0.4 is 10.1 Å². The standard InChI is InChI=1S/C27H26N2O4/c1-33-17-9-5-8-16(13-17)28-25(30)22(12-15-6-3-2-4-7-15)29-26(31)23-18-10-11-19(21-14-20(18)21)24(23)27(29)32/h2-11,13,18-24H,12,14H2,1H3,(H,28,30). The SMILES string of the molecule is COc1cccc(NC(=O)C(Cc2ccccc2)N2C(=O)C3C4C=CC(C5CC45)C3C2=O)c1. The quantitative estimate of drug-likeness (QED) is 0.550. The van der Waals surface area contributed by atoms with Crippen LogP contribution in [-0.2, 0) is 20.8 Å². The largest absolute Gasteiger partial charge is 0.497 e. The Labute approximate surface area is 192 Å². The van der Waals surface area contributed by atoms with Gasteiger partial charge in [0.2, 0.25) is 17.7 Å². The molecule has 7 unspecified atom stereocenters. The van der Waals surface area contributed by atoms with E-state index >= 15 is 0 Å². The first-order valence-corrected chi connectivity index (χ1v) is 11.6. The van der Waals surface area contributed by atoms with Crippen LogP contribution in [0.2, 0.25) is 0 Å². The van der Waals surface area contributed by atoms with E-state index in [4.69, 9.17) is 4.74 Å². The molecule has 7 atom stereocenters. The number of hydrogen-bond donors (Lipinski definition) is 1. The normalized spacial score (nSPS) is 31.7. The number of nitrogens with zero attached hydrogens (tertiary/aromatic N) is 1. The Kier molecular flexibility index (Phi) is 4.64. The van der Waals surface area contributed by atoms with Crippen molar-refractivity contribution in [1.29, 1.82) is 0 Å². The molecule has 1 saturated heterocycles. The highest BCUT2D eigenvalue weighted by atomic mass is 16.5. The van der Waals surface area contributed by atoms with Crippen molar-refractivity contribution in [2.75, 3.05) is 12.4 Å². The van der Waals surface area contributed by atoms with Gasteiger partial charge in [0.15, 0.2) is 0 Å². The fourth-order valence-electron chi connectivity index (χ4n) is 6.35. The Morgan fingerprint density at radius 2 is 1.67 bits per heavy atom. The lowest BCUT2D eigenvalue weighted by atomic mass is 9.63. The van der Waals surface area contributed by atoms with Crippen molar-refractivity contribution in [2.45, 2.75) is 18.9 Å². The zero-order valence-corrected chi connectivity index (χ0v) is 18.4. The van der Waals surface area contributed by atoms with Crippen LogP contribution >= 0.6 is 0 Å².